The number of aromatic nitrogens is 2. The van der Waals surface area contributed by atoms with Gasteiger partial charge < -0.3 is 23.9 Å². The Labute approximate surface area is 146 Å². The number of rotatable bonds is 4. The summed E-state index contributed by atoms with van der Waals surface area (Å²) in [5.41, 5.74) is 0. The second kappa shape index (κ2) is 7.26. The van der Waals surface area contributed by atoms with E-state index in [0.29, 0.717) is 31.4 Å². The molecule has 1 aliphatic heterocycles. The second-order valence-corrected chi connectivity index (χ2v) is 6.60. The van der Waals surface area contributed by atoms with Crippen LogP contribution in [0.5, 0.6) is 0 Å². The molecule has 0 radical (unpaired) electrons. The van der Waals surface area contributed by atoms with Gasteiger partial charge in [-0.3, -0.25) is 0 Å². The molecule has 1 N–H and O–H groups in total. The lowest BCUT2D eigenvalue weighted by molar-refractivity contribution is -0.0269. The monoisotopic (exact) mass is 348 g/mol. The van der Waals surface area contributed by atoms with Gasteiger partial charge in [0.15, 0.2) is 5.82 Å². The van der Waals surface area contributed by atoms with E-state index < -0.39 is 0 Å². The third-order valence-corrected chi connectivity index (χ3v) is 4.19. The summed E-state index contributed by atoms with van der Waals surface area (Å²) in [6.07, 6.45) is -0.253. The van der Waals surface area contributed by atoms with Crippen LogP contribution in [0.4, 0.5) is 4.79 Å². The van der Waals surface area contributed by atoms with E-state index in [1.165, 1.54) is 0 Å². The van der Waals surface area contributed by atoms with E-state index in [4.69, 9.17) is 13.7 Å². The normalized spacial score (nSPS) is 19.2. The molecule has 8 nitrogen and oxygen atoms in total. The quantitative estimate of drug-likeness (QED) is 0.913. The van der Waals surface area contributed by atoms with E-state index in [1.807, 2.05) is 32.9 Å². The van der Waals surface area contributed by atoms with Crippen molar-refractivity contribution in [2.45, 2.75) is 39.8 Å². The van der Waals surface area contributed by atoms with Gasteiger partial charge in [-0.25, -0.2) is 4.79 Å². The Morgan fingerprint density at radius 2 is 2.16 bits per heavy atom. The number of nitrogens with zero attached hydrogens (tertiary/aromatic N) is 3. The Morgan fingerprint density at radius 3 is 2.76 bits per heavy atom. The standard InChI is InChI=1S/C17H24N4O4/c1-10(2)15(16-18-12(4)20-25-16)19-17(22)21-7-8-23-14(9-21)13-6-5-11(3)24-13/h5-6,10,14-15H,7-9H2,1-4H3,(H,19,22)/t14-,15+/m1/s1. The summed E-state index contributed by atoms with van der Waals surface area (Å²) in [5.74, 6) is 2.66. The molecule has 3 rings (SSSR count). The maximum atomic E-state index is 12.7. The van der Waals surface area contributed by atoms with Crippen LogP contribution in [0.25, 0.3) is 0 Å². The summed E-state index contributed by atoms with van der Waals surface area (Å²) < 4.78 is 16.6. The fraction of sp³-hybridized carbons (Fsp3) is 0.588. The van der Waals surface area contributed by atoms with Crippen molar-refractivity contribution in [2.75, 3.05) is 19.7 Å². The van der Waals surface area contributed by atoms with Crippen LogP contribution in [0.1, 0.15) is 49.2 Å². The largest absolute Gasteiger partial charge is 0.464 e. The molecule has 2 aromatic heterocycles. The summed E-state index contributed by atoms with van der Waals surface area (Å²) in [6, 6.07) is 3.27. The molecule has 0 saturated carbocycles. The van der Waals surface area contributed by atoms with Crippen molar-refractivity contribution in [3.63, 3.8) is 0 Å². The molecule has 0 aromatic carbocycles. The van der Waals surface area contributed by atoms with Crippen LogP contribution < -0.4 is 5.32 Å². The van der Waals surface area contributed by atoms with Crippen molar-refractivity contribution >= 4 is 6.03 Å². The van der Waals surface area contributed by atoms with Crippen LogP contribution in [-0.2, 0) is 4.74 Å². The molecular weight excluding hydrogens is 324 g/mol. The molecular formula is C17H24N4O4. The molecule has 1 fully saturated rings. The highest BCUT2D eigenvalue weighted by atomic mass is 16.5. The molecule has 8 heteroatoms. The van der Waals surface area contributed by atoms with Crippen LogP contribution in [0.2, 0.25) is 0 Å². The van der Waals surface area contributed by atoms with Gasteiger partial charge in [0.2, 0.25) is 5.89 Å². The van der Waals surface area contributed by atoms with Gasteiger partial charge in [0, 0.05) is 6.54 Å². The number of nitrogens with one attached hydrogen (secondary N) is 1. The maximum absolute atomic E-state index is 12.7. The number of aryl methyl sites for hydroxylation is 2. The van der Waals surface area contributed by atoms with Crippen LogP contribution in [0.15, 0.2) is 21.1 Å². The number of furan rings is 1. The number of ether oxygens (including phenoxy) is 1. The lowest BCUT2D eigenvalue weighted by Gasteiger charge is -2.33. The minimum Gasteiger partial charge on any atom is -0.464 e. The van der Waals surface area contributed by atoms with Crippen molar-refractivity contribution < 1.29 is 18.5 Å². The first kappa shape index (κ1) is 17.5. The van der Waals surface area contributed by atoms with E-state index in [0.717, 1.165) is 11.5 Å². The minimum atomic E-state index is -0.333. The number of urea groups is 1. The zero-order chi connectivity index (χ0) is 18.0. The number of hydrogen-bond donors (Lipinski definition) is 1. The summed E-state index contributed by atoms with van der Waals surface area (Å²) in [6.45, 7) is 9.06. The SMILES string of the molecule is Cc1noc([C@@H](NC(=O)N2CCO[C@@H](c3ccc(C)o3)C2)C(C)C)n1. The average molecular weight is 348 g/mol. The van der Waals surface area contributed by atoms with Gasteiger partial charge >= 0.3 is 6.03 Å². The predicted octanol–water partition coefficient (Wildman–Crippen LogP) is 2.76. The highest BCUT2D eigenvalue weighted by Crippen LogP contribution is 2.25. The summed E-state index contributed by atoms with van der Waals surface area (Å²) in [4.78, 5) is 18.7. The average Bonchev–Trinajstić information content (AvgIpc) is 3.20. The first-order valence-corrected chi connectivity index (χ1v) is 8.47. The van der Waals surface area contributed by atoms with Crippen LogP contribution in [-0.4, -0.2) is 40.8 Å². The molecule has 2 aromatic rings. The Hall–Kier alpha value is -2.35. The Morgan fingerprint density at radius 1 is 1.36 bits per heavy atom. The molecule has 25 heavy (non-hydrogen) atoms. The molecule has 2 amide bonds. The topological polar surface area (TPSA) is 93.6 Å². The molecule has 2 atom stereocenters. The Balaban J connectivity index is 1.67. The summed E-state index contributed by atoms with van der Waals surface area (Å²) in [7, 11) is 0. The van der Waals surface area contributed by atoms with Gasteiger partial charge in [-0.05, 0) is 31.9 Å². The van der Waals surface area contributed by atoms with Crippen molar-refractivity contribution in [3.05, 3.63) is 35.4 Å². The van der Waals surface area contributed by atoms with E-state index in [2.05, 4.69) is 15.5 Å². The molecule has 136 valence electrons. The minimum absolute atomic E-state index is 0.119. The number of carbonyl (C=O) groups excluding carboxylic acids is 1. The smallest absolute Gasteiger partial charge is 0.318 e. The van der Waals surface area contributed by atoms with Crippen LogP contribution in [0, 0.1) is 19.8 Å². The van der Waals surface area contributed by atoms with Gasteiger partial charge in [-0.1, -0.05) is 19.0 Å². The number of amides is 2. The molecule has 0 bridgehead atoms. The molecule has 0 aliphatic carbocycles. The first-order chi connectivity index (χ1) is 11.9. The number of morpholine rings is 1. The van der Waals surface area contributed by atoms with E-state index >= 15 is 0 Å². The van der Waals surface area contributed by atoms with Gasteiger partial charge in [0.25, 0.3) is 0 Å². The summed E-state index contributed by atoms with van der Waals surface area (Å²) in [5, 5.41) is 6.81. The Kier molecular flexibility index (Phi) is 5.08. The van der Waals surface area contributed by atoms with Crippen LogP contribution in [0.3, 0.4) is 0 Å². The molecule has 1 saturated heterocycles. The van der Waals surface area contributed by atoms with E-state index in [1.54, 1.807) is 11.8 Å². The van der Waals surface area contributed by atoms with Crippen LogP contribution >= 0.6 is 0 Å². The molecule has 0 spiro atoms. The van der Waals surface area contributed by atoms with Crippen molar-refractivity contribution in [1.29, 1.82) is 0 Å². The second-order valence-electron chi connectivity index (χ2n) is 6.60. The zero-order valence-corrected chi connectivity index (χ0v) is 15.0. The maximum Gasteiger partial charge on any atom is 0.318 e. The highest BCUT2D eigenvalue weighted by Gasteiger charge is 2.31. The van der Waals surface area contributed by atoms with Crippen molar-refractivity contribution in [1.82, 2.24) is 20.4 Å². The molecule has 1 aliphatic rings. The zero-order valence-electron chi connectivity index (χ0n) is 15.0. The summed E-state index contributed by atoms with van der Waals surface area (Å²) >= 11 is 0. The fourth-order valence-electron chi connectivity index (χ4n) is 2.81. The lowest BCUT2D eigenvalue weighted by atomic mass is 10.0. The lowest BCUT2D eigenvalue weighted by Crippen LogP contribution is -2.48. The van der Waals surface area contributed by atoms with E-state index in [-0.39, 0.29) is 24.1 Å². The van der Waals surface area contributed by atoms with Crippen molar-refractivity contribution in [3.8, 4) is 0 Å². The van der Waals surface area contributed by atoms with Gasteiger partial charge in [-0.2, -0.15) is 4.98 Å². The molecule has 3 heterocycles. The third-order valence-electron chi connectivity index (χ3n) is 4.19. The Bertz CT molecular complexity index is 724. The number of hydrogen-bond acceptors (Lipinski definition) is 6. The molecule has 0 unspecified atom stereocenters. The number of carbonyl (C=O) groups is 1. The predicted molar refractivity (Wildman–Crippen MR) is 88.9 cm³/mol. The van der Waals surface area contributed by atoms with Gasteiger partial charge in [-0.15, -0.1) is 0 Å². The fourth-order valence-corrected chi connectivity index (χ4v) is 2.81. The highest BCUT2D eigenvalue weighted by molar-refractivity contribution is 5.74. The van der Waals surface area contributed by atoms with Gasteiger partial charge in [0.05, 0.1) is 13.2 Å². The third kappa shape index (κ3) is 4.01. The first-order valence-electron chi connectivity index (χ1n) is 8.47. The van der Waals surface area contributed by atoms with Gasteiger partial charge in [0.1, 0.15) is 23.7 Å². The van der Waals surface area contributed by atoms with E-state index in [9.17, 15) is 4.79 Å². The van der Waals surface area contributed by atoms with Crippen molar-refractivity contribution in [2.24, 2.45) is 5.92 Å².